The maximum absolute atomic E-state index is 11.2. The van der Waals surface area contributed by atoms with E-state index in [4.69, 9.17) is 11.6 Å². The third-order valence-electron chi connectivity index (χ3n) is 3.08. The summed E-state index contributed by atoms with van der Waals surface area (Å²) in [6, 6.07) is 5.56. The summed E-state index contributed by atoms with van der Waals surface area (Å²) in [6.45, 7) is 1.89. The van der Waals surface area contributed by atoms with Crippen molar-refractivity contribution in [2.24, 2.45) is 0 Å². The average molecular weight is 211 g/mol. The number of carboxylic acids is 1. The molecule has 0 spiro atoms. The van der Waals surface area contributed by atoms with Crippen LogP contribution >= 0.6 is 11.6 Å². The van der Waals surface area contributed by atoms with E-state index in [0.717, 1.165) is 11.1 Å². The number of benzene rings is 1. The molecule has 0 fully saturated rings. The van der Waals surface area contributed by atoms with Crippen LogP contribution in [0.5, 0.6) is 0 Å². The molecule has 0 saturated carbocycles. The first-order chi connectivity index (χ1) is 6.62. The number of halogens is 1. The number of fused-ring (bicyclic) bond motifs is 1. The van der Waals surface area contributed by atoms with Crippen molar-refractivity contribution in [3.63, 3.8) is 0 Å². The van der Waals surface area contributed by atoms with Gasteiger partial charge in [0.1, 0.15) is 0 Å². The molecule has 1 aromatic rings. The fraction of sp³-hybridized carbons (Fsp3) is 0.364. The lowest BCUT2D eigenvalue weighted by Crippen LogP contribution is -2.45. The van der Waals surface area contributed by atoms with Gasteiger partial charge in [-0.25, -0.2) is 0 Å². The van der Waals surface area contributed by atoms with Gasteiger partial charge in [0, 0.05) is 5.02 Å². The van der Waals surface area contributed by atoms with E-state index in [1.807, 2.05) is 19.1 Å². The van der Waals surface area contributed by atoms with Crippen LogP contribution in [0.3, 0.4) is 0 Å². The van der Waals surface area contributed by atoms with Crippen LogP contribution in [0.25, 0.3) is 0 Å². The van der Waals surface area contributed by atoms with Crippen LogP contribution < -0.4 is 0 Å². The molecule has 0 aromatic heterocycles. The molecule has 74 valence electrons. The van der Waals surface area contributed by atoms with Crippen LogP contribution in [0, 0.1) is 0 Å². The van der Waals surface area contributed by atoms with E-state index in [1.54, 1.807) is 6.07 Å². The molecular weight excluding hydrogens is 200 g/mol. The molecule has 1 aromatic carbocycles. The molecule has 1 N–H and O–H groups in total. The van der Waals surface area contributed by atoms with E-state index >= 15 is 0 Å². The van der Waals surface area contributed by atoms with Crippen molar-refractivity contribution < 1.29 is 9.90 Å². The molecule has 1 unspecified atom stereocenters. The number of carbonyl (C=O) groups is 1. The van der Waals surface area contributed by atoms with Crippen LogP contribution in [0.1, 0.15) is 24.5 Å². The molecule has 0 saturated heterocycles. The number of hydrogen-bond donors (Lipinski definition) is 1. The van der Waals surface area contributed by atoms with Crippen LogP contribution in [0.2, 0.25) is 5.02 Å². The predicted molar refractivity (Wildman–Crippen MR) is 54.8 cm³/mol. The fourth-order valence-corrected chi connectivity index (χ4v) is 2.57. The van der Waals surface area contributed by atoms with E-state index < -0.39 is 11.4 Å². The van der Waals surface area contributed by atoms with Crippen LogP contribution in [-0.2, 0) is 16.6 Å². The summed E-state index contributed by atoms with van der Waals surface area (Å²) in [5.74, 6) is -0.763. The second kappa shape index (κ2) is 2.99. The molecule has 0 radical (unpaired) electrons. The molecule has 2 nitrogen and oxygen atoms in total. The Labute approximate surface area is 87.5 Å². The molecule has 1 atom stereocenters. The van der Waals surface area contributed by atoms with Gasteiger partial charge in [0.15, 0.2) is 0 Å². The van der Waals surface area contributed by atoms with E-state index in [1.165, 1.54) is 0 Å². The minimum atomic E-state index is -0.763. The van der Waals surface area contributed by atoms with Gasteiger partial charge in [0.25, 0.3) is 0 Å². The van der Waals surface area contributed by atoms with Crippen molar-refractivity contribution in [2.45, 2.75) is 25.2 Å². The van der Waals surface area contributed by atoms with Crippen LogP contribution in [0.15, 0.2) is 18.2 Å². The minimum absolute atomic E-state index is 0.581. The van der Waals surface area contributed by atoms with Gasteiger partial charge in [-0.1, -0.05) is 30.7 Å². The maximum Gasteiger partial charge on any atom is 0.314 e. The molecule has 14 heavy (non-hydrogen) atoms. The van der Waals surface area contributed by atoms with Gasteiger partial charge in [-0.05, 0) is 30.0 Å². The summed E-state index contributed by atoms with van der Waals surface area (Å²) in [4.78, 5) is 11.2. The summed E-state index contributed by atoms with van der Waals surface area (Å²) in [5, 5.41) is 9.78. The van der Waals surface area contributed by atoms with Crippen LogP contribution in [0.4, 0.5) is 0 Å². The molecule has 1 aliphatic carbocycles. The first-order valence-electron chi connectivity index (χ1n) is 4.63. The quantitative estimate of drug-likeness (QED) is 0.815. The monoisotopic (exact) mass is 210 g/mol. The van der Waals surface area contributed by atoms with Crippen LogP contribution in [-0.4, -0.2) is 11.1 Å². The smallest absolute Gasteiger partial charge is 0.314 e. The fourth-order valence-electron chi connectivity index (χ4n) is 2.19. The highest BCUT2D eigenvalue weighted by molar-refractivity contribution is 6.32. The topological polar surface area (TPSA) is 37.3 Å². The lowest BCUT2D eigenvalue weighted by atomic mass is 9.62. The van der Waals surface area contributed by atoms with Gasteiger partial charge in [-0.15, -0.1) is 0 Å². The SMILES string of the molecule is CCC1(C(=O)O)Cc2cccc(Cl)c21. The number of hydrogen-bond acceptors (Lipinski definition) is 1. The third-order valence-corrected chi connectivity index (χ3v) is 3.40. The Balaban J connectivity index is 2.56. The second-order valence-corrected chi connectivity index (χ2v) is 4.10. The lowest BCUT2D eigenvalue weighted by Gasteiger charge is -2.40. The summed E-state index contributed by atoms with van der Waals surface area (Å²) in [5.41, 5.74) is 1.16. The molecule has 0 aliphatic heterocycles. The summed E-state index contributed by atoms with van der Waals surface area (Å²) >= 11 is 6.01. The van der Waals surface area contributed by atoms with Gasteiger partial charge in [-0.2, -0.15) is 0 Å². The van der Waals surface area contributed by atoms with Gasteiger partial charge < -0.3 is 5.11 Å². The Morgan fingerprint density at radius 1 is 1.64 bits per heavy atom. The van der Waals surface area contributed by atoms with Crippen molar-refractivity contribution >= 4 is 17.6 Å². The number of carboxylic acid groups (broad SMARTS) is 1. The first kappa shape index (κ1) is 9.53. The van der Waals surface area contributed by atoms with Gasteiger partial charge in [0.2, 0.25) is 0 Å². The van der Waals surface area contributed by atoms with Crippen molar-refractivity contribution in [1.82, 2.24) is 0 Å². The largest absolute Gasteiger partial charge is 0.481 e. The molecule has 2 rings (SSSR count). The summed E-state index contributed by atoms with van der Waals surface area (Å²) < 4.78 is 0. The zero-order valence-corrected chi connectivity index (χ0v) is 8.64. The van der Waals surface area contributed by atoms with Gasteiger partial charge in [0.05, 0.1) is 5.41 Å². The van der Waals surface area contributed by atoms with E-state index in [2.05, 4.69) is 0 Å². The molecule has 1 aliphatic rings. The number of aliphatic carboxylic acids is 1. The predicted octanol–water partition coefficient (Wildman–Crippen LogP) is 2.63. The maximum atomic E-state index is 11.2. The third kappa shape index (κ3) is 1.01. The standard InChI is InChI=1S/C11H11ClO2/c1-2-11(10(13)14)6-7-4-3-5-8(12)9(7)11/h3-5H,2,6H2,1H3,(H,13,14). The average Bonchev–Trinajstić information content (AvgIpc) is 2.07. The molecule has 0 heterocycles. The zero-order chi connectivity index (χ0) is 10.3. The Kier molecular flexibility index (Phi) is 2.04. The Bertz CT molecular complexity index is 386. The highest BCUT2D eigenvalue weighted by atomic mass is 35.5. The van der Waals surface area contributed by atoms with Crippen molar-refractivity contribution in [2.75, 3.05) is 0 Å². The first-order valence-corrected chi connectivity index (χ1v) is 5.01. The lowest BCUT2D eigenvalue weighted by molar-refractivity contribution is -0.145. The number of rotatable bonds is 2. The minimum Gasteiger partial charge on any atom is -0.481 e. The molecular formula is C11H11ClO2. The van der Waals surface area contributed by atoms with Crippen molar-refractivity contribution in [1.29, 1.82) is 0 Å². The van der Waals surface area contributed by atoms with E-state index in [0.29, 0.717) is 17.9 Å². The Morgan fingerprint density at radius 3 is 2.86 bits per heavy atom. The second-order valence-electron chi connectivity index (χ2n) is 3.69. The van der Waals surface area contributed by atoms with E-state index in [9.17, 15) is 9.90 Å². The Morgan fingerprint density at radius 2 is 2.36 bits per heavy atom. The van der Waals surface area contributed by atoms with Gasteiger partial charge >= 0.3 is 5.97 Å². The normalized spacial score (nSPS) is 23.9. The molecule has 3 heteroatoms. The molecule has 0 bridgehead atoms. The Hall–Kier alpha value is -1.02. The summed E-state index contributed by atoms with van der Waals surface area (Å²) in [6.07, 6.45) is 1.20. The van der Waals surface area contributed by atoms with Gasteiger partial charge in [-0.3, -0.25) is 4.79 Å². The molecule has 0 amide bonds. The highest BCUT2D eigenvalue weighted by Crippen LogP contribution is 2.47. The zero-order valence-electron chi connectivity index (χ0n) is 7.88. The summed E-state index contributed by atoms with van der Waals surface area (Å²) in [7, 11) is 0. The van der Waals surface area contributed by atoms with Crippen molar-refractivity contribution in [3.8, 4) is 0 Å². The van der Waals surface area contributed by atoms with E-state index in [-0.39, 0.29) is 0 Å². The van der Waals surface area contributed by atoms with Crippen molar-refractivity contribution in [3.05, 3.63) is 34.3 Å². The highest BCUT2D eigenvalue weighted by Gasteiger charge is 2.49.